The van der Waals surface area contributed by atoms with Gasteiger partial charge in [-0.05, 0) is 19.4 Å². The van der Waals surface area contributed by atoms with Crippen LogP contribution in [0.5, 0.6) is 0 Å². The fraction of sp³-hybridized carbons (Fsp3) is 0.600. The Morgan fingerprint density at radius 3 is 3.21 bits per heavy atom. The van der Waals surface area contributed by atoms with E-state index in [1.807, 2.05) is 6.07 Å². The molecule has 4 nitrogen and oxygen atoms in total. The second-order valence-electron chi connectivity index (χ2n) is 3.65. The van der Waals surface area contributed by atoms with Crippen LogP contribution < -0.4 is 5.32 Å². The molecular formula is C10H15N3O. The quantitative estimate of drug-likeness (QED) is 0.786. The number of nitrogens with zero attached hydrogens (tertiary/aromatic N) is 2. The Balaban J connectivity index is 1.90. The normalized spacial score (nSPS) is 23.4. The first kappa shape index (κ1) is 9.40. The highest BCUT2D eigenvalue weighted by Gasteiger charge is 2.22. The highest BCUT2D eigenvalue weighted by atomic mass is 16.5. The van der Waals surface area contributed by atoms with Crippen LogP contribution in [0.4, 0.5) is 5.82 Å². The Bertz CT molecular complexity index is 272. The van der Waals surface area contributed by atoms with E-state index in [9.17, 15) is 0 Å². The second kappa shape index (κ2) is 4.37. The van der Waals surface area contributed by atoms with Crippen molar-refractivity contribution < 1.29 is 4.74 Å². The lowest BCUT2D eigenvalue weighted by Gasteiger charge is -2.19. The molecule has 2 atom stereocenters. The molecule has 0 radical (unpaired) electrons. The van der Waals surface area contributed by atoms with Gasteiger partial charge in [0, 0.05) is 24.8 Å². The summed E-state index contributed by atoms with van der Waals surface area (Å²) >= 11 is 0. The summed E-state index contributed by atoms with van der Waals surface area (Å²) in [6.07, 6.45) is 4.44. The van der Waals surface area contributed by atoms with Gasteiger partial charge in [-0.15, -0.1) is 0 Å². The average molecular weight is 193 g/mol. The van der Waals surface area contributed by atoms with Gasteiger partial charge in [0.25, 0.3) is 0 Å². The lowest BCUT2D eigenvalue weighted by molar-refractivity contribution is 0.183. The number of aromatic nitrogens is 2. The molecule has 1 fully saturated rings. The lowest BCUT2D eigenvalue weighted by atomic mass is 10.0. The largest absolute Gasteiger partial charge is 0.381 e. The number of ether oxygens (including phenoxy) is 1. The van der Waals surface area contributed by atoms with Crippen LogP contribution in [-0.4, -0.2) is 29.2 Å². The van der Waals surface area contributed by atoms with E-state index in [-0.39, 0.29) is 0 Å². The Kier molecular flexibility index (Phi) is 2.93. The topological polar surface area (TPSA) is 47.0 Å². The Morgan fingerprint density at radius 1 is 1.64 bits per heavy atom. The van der Waals surface area contributed by atoms with E-state index in [0.29, 0.717) is 12.0 Å². The number of hydrogen-bond acceptors (Lipinski definition) is 4. The first-order valence-electron chi connectivity index (χ1n) is 4.96. The highest BCUT2D eigenvalue weighted by Crippen LogP contribution is 2.18. The molecule has 14 heavy (non-hydrogen) atoms. The van der Waals surface area contributed by atoms with Gasteiger partial charge in [0.05, 0.1) is 6.61 Å². The molecule has 0 aromatic carbocycles. The SMILES string of the molecule is CC(Nc1ccncn1)C1CCOC1. The number of nitrogens with one attached hydrogen (secondary N) is 1. The van der Waals surface area contributed by atoms with E-state index >= 15 is 0 Å². The molecule has 1 aromatic heterocycles. The predicted molar refractivity (Wildman–Crippen MR) is 54.0 cm³/mol. The van der Waals surface area contributed by atoms with Crippen LogP contribution in [0, 0.1) is 5.92 Å². The summed E-state index contributed by atoms with van der Waals surface area (Å²) in [7, 11) is 0. The molecule has 2 heterocycles. The third-order valence-corrected chi connectivity index (χ3v) is 2.63. The maximum Gasteiger partial charge on any atom is 0.129 e. The van der Waals surface area contributed by atoms with Gasteiger partial charge >= 0.3 is 0 Å². The molecule has 0 bridgehead atoms. The summed E-state index contributed by atoms with van der Waals surface area (Å²) in [6.45, 7) is 3.92. The standard InChI is InChI=1S/C10H15N3O/c1-8(9-3-5-14-6-9)13-10-2-4-11-7-12-10/h2,4,7-9H,3,5-6H2,1H3,(H,11,12,13). The van der Waals surface area contributed by atoms with Crippen LogP contribution >= 0.6 is 0 Å². The van der Waals surface area contributed by atoms with E-state index < -0.39 is 0 Å². The molecule has 1 aromatic rings. The molecule has 0 amide bonds. The van der Waals surface area contributed by atoms with Gasteiger partial charge in [0.1, 0.15) is 12.1 Å². The molecule has 0 spiro atoms. The van der Waals surface area contributed by atoms with E-state index in [2.05, 4.69) is 22.2 Å². The Morgan fingerprint density at radius 2 is 2.57 bits per heavy atom. The minimum absolute atomic E-state index is 0.410. The maximum absolute atomic E-state index is 5.34. The van der Waals surface area contributed by atoms with Crippen molar-refractivity contribution in [3.05, 3.63) is 18.6 Å². The molecule has 0 aliphatic carbocycles. The van der Waals surface area contributed by atoms with Gasteiger partial charge in [-0.1, -0.05) is 0 Å². The molecule has 1 saturated heterocycles. The van der Waals surface area contributed by atoms with Crippen LogP contribution in [0.2, 0.25) is 0 Å². The van der Waals surface area contributed by atoms with Crippen molar-refractivity contribution >= 4 is 5.82 Å². The van der Waals surface area contributed by atoms with Crippen molar-refractivity contribution in [2.75, 3.05) is 18.5 Å². The van der Waals surface area contributed by atoms with Crippen molar-refractivity contribution in [1.82, 2.24) is 9.97 Å². The zero-order chi connectivity index (χ0) is 9.80. The predicted octanol–water partition coefficient (Wildman–Crippen LogP) is 1.31. The van der Waals surface area contributed by atoms with Crippen LogP contribution in [0.3, 0.4) is 0 Å². The van der Waals surface area contributed by atoms with E-state index in [1.54, 1.807) is 12.5 Å². The molecule has 2 rings (SSSR count). The molecule has 1 aliphatic heterocycles. The second-order valence-corrected chi connectivity index (χ2v) is 3.65. The van der Waals surface area contributed by atoms with E-state index in [0.717, 1.165) is 25.5 Å². The minimum Gasteiger partial charge on any atom is -0.381 e. The smallest absolute Gasteiger partial charge is 0.129 e. The van der Waals surface area contributed by atoms with Crippen molar-refractivity contribution in [3.63, 3.8) is 0 Å². The van der Waals surface area contributed by atoms with Gasteiger partial charge < -0.3 is 10.1 Å². The molecule has 1 aliphatic rings. The molecule has 0 saturated carbocycles. The number of anilines is 1. The summed E-state index contributed by atoms with van der Waals surface area (Å²) < 4.78 is 5.34. The monoisotopic (exact) mass is 193 g/mol. The summed E-state index contributed by atoms with van der Waals surface area (Å²) in [4.78, 5) is 8.00. The van der Waals surface area contributed by atoms with Gasteiger partial charge in [-0.3, -0.25) is 0 Å². The molecule has 1 N–H and O–H groups in total. The zero-order valence-electron chi connectivity index (χ0n) is 8.31. The lowest BCUT2D eigenvalue weighted by Crippen LogP contribution is -2.26. The Labute approximate surface area is 83.7 Å². The van der Waals surface area contributed by atoms with Gasteiger partial charge in [-0.25, -0.2) is 9.97 Å². The molecule has 2 unspecified atom stereocenters. The van der Waals surface area contributed by atoms with Crippen molar-refractivity contribution in [2.45, 2.75) is 19.4 Å². The van der Waals surface area contributed by atoms with E-state index in [4.69, 9.17) is 4.74 Å². The summed E-state index contributed by atoms with van der Waals surface area (Å²) in [5, 5.41) is 3.35. The molecule has 76 valence electrons. The van der Waals surface area contributed by atoms with Gasteiger partial charge in [-0.2, -0.15) is 0 Å². The van der Waals surface area contributed by atoms with Crippen molar-refractivity contribution in [2.24, 2.45) is 5.92 Å². The summed E-state index contributed by atoms with van der Waals surface area (Å²) in [5.41, 5.74) is 0. The first-order chi connectivity index (χ1) is 6.86. The summed E-state index contributed by atoms with van der Waals surface area (Å²) in [6, 6.07) is 2.29. The van der Waals surface area contributed by atoms with Gasteiger partial charge in [0.15, 0.2) is 0 Å². The highest BCUT2D eigenvalue weighted by molar-refractivity contribution is 5.32. The number of hydrogen-bond donors (Lipinski definition) is 1. The van der Waals surface area contributed by atoms with Crippen LogP contribution in [0.25, 0.3) is 0 Å². The third-order valence-electron chi connectivity index (χ3n) is 2.63. The average Bonchev–Trinajstić information content (AvgIpc) is 2.72. The number of rotatable bonds is 3. The molecule has 4 heteroatoms. The van der Waals surface area contributed by atoms with Crippen LogP contribution in [0.1, 0.15) is 13.3 Å². The van der Waals surface area contributed by atoms with Crippen LogP contribution in [0.15, 0.2) is 18.6 Å². The zero-order valence-corrected chi connectivity index (χ0v) is 8.31. The van der Waals surface area contributed by atoms with Crippen molar-refractivity contribution in [1.29, 1.82) is 0 Å². The van der Waals surface area contributed by atoms with E-state index in [1.165, 1.54) is 0 Å². The third kappa shape index (κ3) is 2.20. The fourth-order valence-electron chi connectivity index (χ4n) is 1.67. The fourth-order valence-corrected chi connectivity index (χ4v) is 1.67. The van der Waals surface area contributed by atoms with Crippen LogP contribution in [-0.2, 0) is 4.74 Å². The maximum atomic E-state index is 5.34. The molecular weight excluding hydrogens is 178 g/mol. The summed E-state index contributed by atoms with van der Waals surface area (Å²) in [5.74, 6) is 1.49. The van der Waals surface area contributed by atoms with Crippen molar-refractivity contribution in [3.8, 4) is 0 Å². The first-order valence-corrected chi connectivity index (χ1v) is 4.96. The Hall–Kier alpha value is -1.16. The minimum atomic E-state index is 0.410. The van der Waals surface area contributed by atoms with Gasteiger partial charge in [0.2, 0.25) is 0 Å².